The maximum atomic E-state index is 13.5. The Labute approximate surface area is 130 Å². The maximum Gasteiger partial charge on any atom is 0.254 e. The molecule has 1 aliphatic heterocycles. The summed E-state index contributed by atoms with van der Waals surface area (Å²) in [5.41, 5.74) is -0.105. The minimum Gasteiger partial charge on any atom is -0.348 e. The molecule has 1 atom stereocenters. The molecule has 0 aromatic heterocycles. The molecule has 1 aliphatic rings. The Morgan fingerprint density at radius 1 is 1.37 bits per heavy atom. The lowest BCUT2D eigenvalue weighted by atomic mass is 10.1. The molecule has 7 heteroatoms. The van der Waals surface area contributed by atoms with E-state index in [1.165, 1.54) is 6.07 Å². The van der Waals surface area contributed by atoms with E-state index in [1.54, 1.807) is 22.6 Å². The number of halogens is 4. The normalized spacial score (nSPS) is 18.6. The molecule has 1 fully saturated rings. The topological polar surface area (TPSA) is 41.1 Å². The van der Waals surface area contributed by atoms with Gasteiger partial charge in [0.2, 0.25) is 0 Å². The monoisotopic (exact) mass is 402 g/mol. The van der Waals surface area contributed by atoms with Crippen LogP contribution in [0.5, 0.6) is 0 Å². The molecule has 19 heavy (non-hydrogen) atoms. The number of piperidine rings is 1. The molecule has 1 aromatic rings. The Morgan fingerprint density at radius 3 is 2.74 bits per heavy atom. The lowest BCUT2D eigenvalue weighted by molar-refractivity contribution is 0.0926. The van der Waals surface area contributed by atoms with Crippen molar-refractivity contribution in [3.8, 4) is 0 Å². The zero-order valence-electron chi connectivity index (χ0n) is 10.0. The fourth-order valence-corrected chi connectivity index (χ4v) is 2.40. The number of nitrogens with one attached hydrogen (secondary N) is 2. The van der Waals surface area contributed by atoms with Crippen molar-refractivity contribution in [1.29, 1.82) is 0 Å². The van der Waals surface area contributed by atoms with Crippen LogP contribution < -0.4 is 10.6 Å². The number of amides is 1. The highest BCUT2D eigenvalue weighted by Crippen LogP contribution is 2.17. The highest BCUT2D eigenvalue weighted by Gasteiger charge is 2.19. The van der Waals surface area contributed by atoms with E-state index in [-0.39, 0.29) is 27.6 Å². The molecule has 1 heterocycles. The smallest absolute Gasteiger partial charge is 0.254 e. The minimum atomic E-state index is -0.825. The van der Waals surface area contributed by atoms with Gasteiger partial charge in [-0.15, -0.1) is 12.4 Å². The molecule has 0 bridgehead atoms. The third kappa shape index (κ3) is 4.25. The zero-order chi connectivity index (χ0) is 13.1. The molecule has 2 rings (SSSR count). The standard InChI is InChI=1S/C12H13F2IN2O.ClH/c13-9-5-10(14)11(15)4-8(9)12(18)17-7-2-1-3-16-6-7;/h4-5,7,16H,1-3,6H2,(H,17,18);1H/t7-;/m0./s1. The van der Waals surface area contributed by atoms with Crippen LogP contribution in [0.4, 0.5) is 8.78 Å². The van der Waals surface area contributed by atoms with Crippen molar-refractivity contribution < 1.29 is 13.6 Å². The van der Waals surface area contributed by atoms with Crippen molar-refractivity contribution in [3.05, 3.63) is 32.9 Å². The lowest BCUT2D eigenvalue weighted by Gasteiger charge is -2.23. The molecule has 0 radical (unpaired) electrons. The van der Waals surface area contributed by atoms with E-state index in [4.69, 9.17) is 0 Å². The second-order valence-electron chi connectivity index (χ2n) is 4.26. The summed E-state index contributed by atoms with van der Waals surface area (Å²) in [4.78, 5) is 11.9. The molecule has 2 N–H and O–H groups in total. The summed E-state index contributed by atoms with van der Waals surface area (Å²) < 4.78 is 26.8. The van der Waals surface area contributed by atoms with Gasteiger partial charge in [0.05, 0.1) is 5.56 Å². The first kappa shape index (κ1) is 16.6. The predicted molar refractivity (Wildman–Crippen MR) is 79.7 cm³/mol. The number of rotatable bonds is 2. The summed E-state index contributed by atoms with van der Waals surface area (Å²) in [7, 11) is 0. The summed E-state index contributed by atoms with van der Waals surface area (Å²) in [5.74, 6) is -1.96. The van der Waals surface area contributed by atoms with Gasteiger partial charge in [-0.2, -0.15) is 0 Å². The van der Waals surface area contributed by atoms with E-state index >= 15 is 0 Å². The van der Waals surface area contributed by atoms with E-state index in [0.29, 0.717) is 6.54 Å². The molecule has 1 aromatic carbocycles. The van der Waals surface area contributed by atoms with Crippen molar-refractivity contribution in [2.24, 2.45) is 0 Å². The second kappa shape index (κ2) is 7.35. The quantitative estimate of drug-likeness (QED) is 0.589. The Bertz CT molecular complexity index is 467. The average Bonchev–Trinajstić information content (AvgIpc) is 2.35. The zero-order valence-corrected chi connectivity index (χ0v) is 13.0. The first-order chi connectivity index (χ1) is 8.58. The fourth-order valence-electron chi connectivity index (χ4n) is 1.93. The average molecular weight is 403 g/mol. The van der Waals surface area contributed by atoms with Crippen molar-refractivity contribution in [1.82, 2.24) is 10.6 Å². The summed E-state index contributed by atoms with van der Waals surface area (Å²) in [6.07, 6.45) is 1.85. The van der Waals surface area contributed by atoms with Crippen LogP contribution in [-0.4, -0.2) is 25.0 Å². The number of hydrogen-bond donors (Lipinski definition) is 2. The summed E-state index contributed by atoms with van der Waals surface area (Å²) in [6.45, 7) is 1.63. The third-order valence-corrected chi connectivity index (χ3v) is 3.71. The molecule has 0 aliphatic carbocycles. The van der Waals surface area contributed by atoms with Gasteiger partial charge in [-0.3, -0.25) is 4.79 Å². The third-order valence-electron chi connectivity index (χ3n) is 2.89. The molecule has 0 unspecified atom stereocenters. The van der Waals surface area contributed by atoms with Crippen LogP contribution in [0.3, 0.4) is 0 Å². The first-order valence-corrected chi connectivity index (χ1v) is 6.82. The van der Waals surface area contributed by atoms with E-state index in [1.807, 2.05) is 0 Å². The van der Waals surface area contributed by atoms with Crippen molar-refractivity contribution >= 4 is 40.9 Å². The van der Waals surface area contributed by atoms with Crippen LogP contribution in [0.25, 0.3) is 0 Å². The second-order valence-corrected chi connectivity index (χ2v) is 5.43. The van der Waals surface area contributed by atoms with Gasteiger partial charge in [-0.05, 0) is 48.0 Å². The number of benzene rings is 1. The van der Waals surface area contributed by atoms with Crippen LogP contribution in [0, 0.1) is 15.2 Å². The van der Waals surface area contributed by atoms with Gasteiger partial charge in [0.25, 0.3) is 5.91 Å². The van der Waals surface area contributed by atoms with E-state index < -0.39 is 17.5 Å². The molecule has 1 saturated heterocycles. The molecule has 1 amide bonds. The largest absolute Gasteiger partial charge is 0.348 e. The Balaban J connectivity index is 0.00000180. The highest BCUT2D eigenvalue weighted by atomic mass is 127. The minimum absolute atomic E-state index is 0. The highest BCUT2D eigenvalue weighted by molar-refractivity contribution is 14.1. The Morgan fingerprint density at radius 2 is 2.11 bits per heavy atom. The Kier molecular flexibility index (Phi) is 6.41. The molecular formula is C12H14ClF2IN2O. The molecule has 106 valence electrons. The summed E-state index contributed by atoms with van der Waals surface area (Å²) in [5, 5.41) is 5.91. The summed E-state index contributed by atoms with van der Waals surface area (Å²) in [6, 6.07) is 1.99. The maximum absolute atomic E-state index is 13.5. The van der Waals surface area contributed by atoms with Crippen molar-refractivity contribution in [3.63, 3.8) is 0 Å². The van der Waals surface area contributed by atoms with E-state index in [2.05, 4.69) is 10.6 Å². The van der Waals surface area contributed by atoms with Gasteiger partial charge >= 0.3 is 0 Å². The number of hydrogen-bond acceptors (Lipinski definition) is 2. The van der Waals surface area contributed by atoms with Gasteiger partial charge < -0.3 is 10.6 Å². The van der Waals surface area contributed by atoms with Crippen LogP contribution in [0.2, 0.25) is 0 Å². The molecule has 3 nitrogen and oxygen atoms in total. The van der Waals surface area contributed by atoms with Gasteiger partial charge in [-0.1, -0.05) is 0 Å². The summed E-state index contributed by atoms with van der Waals surface area (Å²) >= 11 is 1.74. The SMILES string of the molecule is Cl.O=C(N[C@H]1CCCNC1)c1cc(I)c(F)cc1F. The van der Waals surface area contributed by atoms with E-state index in [0.717, 1.165) is 25.5 Å². The van der Waals surface area contributed by atoms with Gasteiger partial charge in [0, 0.05) is 22.2 Å². The molecule has 0 saturated carbocycles. The van der Waals surface area contributed by atoms with Crippen LogP contribution >= 0.6 is 35.0 Å². The van der Waals surface area contributed by atoms with Crippen molar-refractivity contribution in [2.45, 2.75) is 18.9 Å². The predicted octanol–water partition coefficient (Wildman–Crippen LogP) is 2.47. The van der Waals surface area contributed by atoms with Crippen LogP contribution in [0.15, 0.2) is 12.1 Å². The number of carbonyl (C=O) groups is 1. The van der Waals surface area contributed by atoms with Crippen LogP contribution in [0.1, 0.15) is 23.2 Å². The molecular weight excluding hydrogens is 388 g/mol. The van der Waals surface area contributed by atoms with Gasteiger partial charge in [-0.25, -0.2) is 8.78 Å². The lowest BCUT2D eigenvalue weighted by Crippen LogP contribution is -2.45. The van der Waals surface area contributed by atoms with Gasteiger partial charge in [0.1, 0.15) is 11.6 Å². The van der Waals surface area contributed by atoms with Crippen molar-refractivity contribution in [2.75, 3.05) is 13.1 Å². The fraction of sp³-hybridized carbons (Fsp3) is 0.417. The molecule has 0 spiro atoms. The van der Waals surface area contributed by atoms with Gasteiger partial charge in [0.15, 0.2) is 0 Å². The van der Waals surface area contributed by atoms with Crippen LogP contribution in [-0.2, 0) is 0 Å². The first-order valence-electron chi connectivity index (χ1n) is 5.74. The van der Waals surface area contributed by atoms with E-state index in [9.17, 15) is 13.6 Å². The Hall–Kier alpha value is -0.470. The number of carbonyl (C=O) groups excluding carboxylic acids is 1.